The highest BCUT2D eigenvalue weighted by Gasteiger charge is 2.11. The SMILES string of the molecule is CCC[C@H](C)C(=O)NC(C)C. The van der Waals surface area contributed by atoms with E-state index in [1.807, 2.05) is 20.8 Å². The highest BCUT2D eigenvalue weighted by atomic mass is 16.1. The van der Waals surface area contributed by atoms with Crippen molar-refractivity contribution in [2.75, 3.05) is 0 Å². The minimum absolute atomic E-state index is 0.169. The van der Waals surface area contributed by atoms with Crippen molar-refractivity contribution in [3.8, 4) is 0 Å². The third-order valence-electron chi connectivity index (χ3n) is 1.60. The summed E-state index contributed by atoms with van der Waals surface area (Å²) in [6.45, 7) is 8.04. The molecule has 0 aromatic rings. The normalized spacial score (nSPS) is 13.2. The third kappa shape index (κ3) is 4.82. The first-order valence-corrected chi connectivity index (χ1v) is 4.38. The van der Waals surface area contributed by atoms with Gasteiger partial charge in [0, 0.05) is 12.0 Å². The summed E-state index contributed by atoms with van der Waals surface area (Å²) in [4.78, 5) is 11.2. The second-order valence-electron chi connectivity index (χ2n) is 3.35. The van der Waals surface area contributed by atoms with Gasteiger partial charge in [-0.15, -0.1) is 0 Å². The van der Waals surface area contributed by atoms with Crippen LogP contribution >= 0.6 is 0 Å². The number of hydrogen-bond donors (Lipinski definition) is 1. The largest absolute Gasteiger partial charge is 0.354 e. The van der Waals surface area contributed by atoms with Gasteiger partial charge in [0.15, 0.2) is 0 Å². The predicted molar refractivity (Wildman–Crippen MR) is 47.4 cm³/mol. The van der Waals surface area contributed by atoms with Crippen molar-refractivity contribution < 1.29 is 4.79 Å². The van der Waals surface area contributed by atoms with Crippen molar-refractivity contribution in [2.24, 2.45) is 5.92 Å². The molecule has 0 aromatic carbocycles. The molecule has 66 valence electrons. The first-order valence-electron chi connectivity index (χ1n) is 4.38. The van der Waals surface area contributed by atoms with E-state index in [0.717, 1.165) is 12.8 Å². The number of carbonyl (C=O) groups is 1. The van der Waals surface area contributed by atoms with Gasteiger partial charge in [0.2, 0.25) is 5.91 Å². The number of hydrogen-bond acceptors (Lipinski definition) is 1. The number of carbonyl (C=O) groups excluding carboxylic acids is 1. The lowest BCUT2D eigenvalue weighted by Gasteiger charge is -2.13. The van der Waals surface area contributed by atoms with Crippen LogP contribution < -0.4 is 5.32 Å². The van der Waals surface area contributed by atoms with E-state index in [4.69, 9.17) is 0 Å². The van der Waals surface area contributed by atoms with Crippen molar-refractivity contribution in [2.45, 2.75) is 46.6 Å². The summed E-state index contributed by atoms with van der Waals surface area (Å²) in [6, 6.07) is 0.266. The molecule has 2 heteroatoms. The molecule has 0 saturated heterocycles. The molecule has 1 N–H and O–H groups in total. The van der Waals surface area contributed by atoms with Crippen LogP contribution in [0.25, 0.3) is 0 Å². The maximum Gasteiger partial charge on any atom is 0.223 e. The van der Waals surface area contributed by atoms with E-state index in [2.05, 4.69) is 12.2 Å². The zero-order valence-corrected chi connectivity index (χ0v) is 7.98. The first-order chi connectivity index (χ1) is 5.07. The van der Waals surface area contributed by atoms with Crippen LogP contribution in [0.5, 0.6) is 0 Å². The van der Waals surface area contributed by atoms with Gasteiger partial charge < -0.3 is 5.32 Å². The summed E-state index contributed by atoms with van der Waals surface area (Å²) in [5.74, 6) is 0.351. The molecule has 0 radical (unpaired) electrons. The monoisotopic (exact) mass is 157 g/mol. The van der Waals surface area contributed by atoms with Crippen LogP contribution in [0.4, 0.5) is 0 Å². The minimum Gasteiger partial charge on any atom is -0.354 e. The Morgan fingerprint density at radius 3 is 2.27 bits per heavy atom. The maximum atomic E-state index is 11.2. The first kappa shape index (κ1) is 10.5. The van der Waals surface area contributed by atoms with E-state index >= 15 is 0 Å². The highest BCUT2D eigenvalue weighted by molar-refractivity contribution is 5.78. The quantitative estimate of drug-likeness (QED) is 0.664. The van der Waals surface area contributed by atoms with Gasteiger partial charge in [-0.3, -0.25) is 4.79 Å². The van der Waals surface area contributed by atoms with Crippen LogP contribution in [0, 0.1) is 5.92 Å². The van der Waals surface area contributed by atoms with E-state index in [1.54, 1.807) is 0 Å². The van der Waals surface area contributed by atoms with Crippen molar-refractivity contribution in [1.82, 2.24) is 5.32 Å². The molecule has 0 rings (SSSR count). The molecular formula is C9H19NO. The summed E-state index contributed by atoms with van der Waals surface area (Å²) >= 11 is 0. The fourth-order valence-electron chi connectivity index (χ4n) is 0.991. The van der Waals surface area contributed by atoms with Crippen molar-refractivity contribution in [3.63, 3.8) is 0 Å². The van der Waals surface area contributed by atoms with Crippen molar-refractivity contribution >= 4 is 5.91 Å². The zero-order chi connectivity index (χ0) is 8.85. The van der Waals surface area contributed by atoms with Crippen molar-refractivity contribution in [3.05, 3.63) is 0 Å². The topological polar surface area (TPSA) is 29.1 Å². The van der Waals surface area contributed by atoms with E-state index in [0.29, 0.717) is 0 Å². The summed E-state index contributed by atoms with van der Waals surface area (Å²) in [6.07, 6.45) is 2.06. The molecule has 0 unspecified atom stereocenters. The molecule has 0 aromatic heterocycles. The van der Waals surface area contributed by atoms with Gasteiger partial charge in [0.1, 0.15) is 0 Å². The number of rotatable bonds is 4. The Balaban J connectivity index is 3.64. The lowest BCUT2D eigenvalue weighted by Crippen LogP contribution is -2.34. The average Bonchev–Trinajstić information content (AvgIpc) is 1.86. The van der Waals surface area contributed by atoms with E-state index in [-0.39, 0.29) is 17.9 Å². The summed E-state index contributed by atoms with van der Waals surface area (Å²) in [7, 11) is 0. The van der Waals surface area contributed by atoms with Gasteiger partial charge in [-0.25, -0.2) is 0 Å². The molecule has 11 heavy (non-hydrogen) atoms. The van der Waals surface area contributed by atoms with Crippen LogP contribution in [-0.2, 0) is 4.79 Å². The zero-order valence-electron chi connectivity index (χ0n) is 7.98. The average molecular weight is 157 g/mol. The smallest absolute Gasteiger partial charge is 0.223 e. The molecular weight excluding hydrogens is 138 g/mol. The summed E-state index contributed by atoms with van der Waals surface area (Å²) < 4.78 is 0. The Kier molecular flexibility index (Phi) is 4.92. The molecule has 0 bridgehead atoms. The Morgan fingerprint density at radius 2 is 1.91 bits per heavy atom. The van der Waals surface area contributed by atoms with Crippen LogP contribution in [0.15, 0.2) is 0 Å². The summed E-state index contributed by atoms with van der Waals surface area (Å²) in [5.41, 5.74) is 0. The Hall–Kier alpha value is -0.530. The van der Waals surface area contributed by atoms with E-state index in [9.17, 15) is 4.79 Å². The molecule has 1 amide bonds. The van der Waals surface area contributed by atoms with E-state index in [1.165, 1.54) is 0 Å². The fourth-order valence-corrected chi connectivity index (χ4v) is 0.991. The maximum absolute atomic E-state index is 11.2. The fraction of sp³-hybridized carbons (Fsp3) is 0.889. The number of amides is 1. The van der Waals surface area contributed by atoms with Gasteiger partial charge in [0.25, 0.3) is 0 Å². The van der Waals surface area contributed by atoms with Crippen LogP contribution in [-0.4, -0.2) is 11.9 Å². The molecule has 2 nitrogen and oxygen atoms in total. The Morgan fingerprint density at radius 1 is 1.36 bits per heavy atom. The molecule has 0 aliphatic carbocycles. The second kappa shape index (κ2) is 5.16. The molecule has 0 aliphatic rings. The molecule has 0 aliphatic heterocycles. The summed E-state index contributed by atoms with van der Waals surface area (Å²) in [5, 5.41) is 2.89. The van der Waals surface area contributed by atoms with Crippen molar-refractivity contribution in [1.29, 1.82) is 0 Å². The lowest BCUT2D eigenvalue weighted by atomic mass is 10.1. The lowest BCUT2D eigenvalue weighted by molar-refractivity contribution is -0.125. The standard InChI is InChI=1S/C9H19NO/c1-5-6-8(4)9(11)10-7(2)3/h7-8H,5-6H2,1-4H3,(H,10,11)/t8-/m0/s1. The minimum atomic E-state index is 0.169. The highest BCUT2D eigenvalue weighted by Crippen LogP contribution is 2.04. The van der Waals surface area contributed by atoms with Crippen LogP contribution in [0.2, 0.25) is 0 Å². The Labute approximate surface area is 69.4 Å². The molecule has 0 spiro atoms. The Bertz CT molecular complexity index is 121. The predicted octanol–water partition coefficient (Wildman–Crippen LogP) is 1.95. The molecule has 0 saturated carbocycles. The van der Waals surface area contributed by atoms with Gasteiger partial charge in [0.05, 0.1) is 0 Å². The third-order valence-corrected chi connectivity index (χ3v) is 1.60. The van der Waals surface area contributed by atoms with Crippen LogP contribution in [0.3, 0.4) is 0 Å². The number of nitrogens with one attached hydrogen (secondary N) is 1. The molecule has 0 heterocycles. The van der Waals surface area contributed by atoms with Gasteiger partial charge >= 0.3 is 0 Å². The van der Waals surface area contributed by atoms with Gasteiger partial charge in [-0.2, -0.15) is 0 Å². The second-order valence-corrected chi connectivity index (χ2v) is 3.35. The molecule has 1 atom stereocenters. The van der Waals surface area contributed by atoms with E-state index < -0.39 is 0 Å². The van der Waals surface area contributed by atoms with Gasteiger partial charge in [-0.1, -0.05) is 20.3 Å². The van der Waals surface area contributed by atoms with Gasteiger partial charge in [-0.05, 0) is 20.3 Å². The molecule has 0 fully saturated rings. The van der Waals surface area contributed by atoms with Crippen LogP contribution in [0.1, 0.15) is 40.5 Å².